The Kier molecular flexibility index (Phi) is 11.1. The van der Waals surface area contributed by atoms with Crippen molar-refractivity contribution in [2.24, 2.45) is 4.99 Å². The van der Waals surface area contributed by atoms with Crippen molar-refractivity contribution in [2.45, 2.75) is 13.5 Å². The molecule has 1 heterocycles. The minimum Gasteiger partial charge on any atom is -0.481 e. The molecule has 20 heavy (non-hydrogen) atoms. The van der Waals surface area contributed by atoms with Gasteiger partial charge < -0.3 is 20.1 Å². The van der Waals surface area contributed by atoms with E-state index in [4.69, 9.17) is 9.47 Å². The Hall–Kier alpha value is -1.09. The molecule has 7 heteroatoms. The third kappa shape index (κ3) is 6.90. The fraction of sp³-hybridized carbons (Fsp3) is 0.538. The lowest BCUT2D eigenvalue weighted by Crippen LogP contribution is -2.38. The third-order valence-electron chi connectivity index (χ3n) is 2.39. The molecule has 0 aliphatic heterocycles. The Balaban J connectivity index is 0.00000361. The maximum Gasteiger partial charge on any atom is 0.218 e. The first-order valence-corrected chi connectivity index (χ1v) is 6.30. The lowest BCUT2D eigenvalue weighted by Gasteiger charge is -2.11. The summed E-state index contributed by atoms with van der Waals surface area (Å²) in [4.78, 5) is 8.63. The second-order valence-electron chi connectivity index (χ2n) is 3.79. The van der Waals surface area contributed by atoms with Crippen molar-refractivity contribution in [2.75, 3.05) is 33.9 Å². The van der Waals surface area contributed by atoms with Gasteiger partial charge >= 0.3 is 0 Å². The summed E-state index contributed by atoms with van der Waals surface area (Å²) in [6, 6.07) is 3.83. The van der Waals surface area contributed by atoms with Gasteiger partial charge in [0.1, 0.15) is 0 Å². The number of methoxy groups -OCH3 is 2. The highest BCUT2D eigenvalue weighted by molar-refractivity contribution is 14.0. The predicted molar refractivity (Wildman–Crippen MR) is 90.9 cm³/mol. The summed E-state index contributed by atoms with van der Waals surface area (Å²) >= 11 is 0. The topological polar surface area (TPSA) is 67.8 Å². The van der Waals surface area contributed by atoms with Crippen molar-refractivity contribution in [3.05, 3.63) is 23.9 Å². The first-order valence-electron chi connectivity index (χ1n) is 6.30. The fourth-order valence-electron chi connectivity index (χ4n) is 1.51. The first-order chi connectivity index (χ1) is 9.31. The number of hydrogen-bond acceptors (Lipinski definition) is 4. The van der Waals surface area contributed by atoms with Crippen LogP contribution in [0.25, 0.3) is 0 Å². The normalized spacial score (nSPS) is 10.7. The molecule has 0 unspecified atom stereocenters. The van der Waals surface area contributed by atoms with Crippen LogP contribution in [-0.4, -0.2) is 44.9 Å². The third-order valence-corrected chi connectivity index (χ3v) is 2.39. The van der Waals surface area contributed by atoms with Crippen LogP contribution in [0.5, 0.6) is 5.88 Å². The van der Waals surface area contributed by atoms with Crippen LogP contribution in [0.1, 0.15) is 12.5 Å². The molecule has 0 amide bonds. The van der Waals surface area contributed by atoms with E-state index in [2.05, 4.69) is 20.6 Å². The van der Waals surface area contributed by atoms with Gasteiger partial charge in [0.05, 0.1) is 20.3 Å². The fourth-order valence-corrected chi connectivity index (χ4v) is 1.51. The van der Waals surface area contributed by atoms with Crippen molar-refractivity contribution in [1.29, 1.82) is 0 Å². The smallest absolute Gasteiger partial charge is 0.218 e. The van der Waals surface area contributed by atoms with Gasteiger partial charge in [-0.15, -0.1) is 24.0 Å². The molecule has 2 N–H and O–H groups in total. The number of hydrogen-bond donors (Lipinski definition) is 2. The minimum absolute atomic E-state index is 0. The Bertz CT molecular complexity index is 402. The lowest BCUT2D eigenvalue weighted by atomic mass is 10.3. The average Bonchev–Trinajstić information content (AvgIpc) is 2.45. The molecule has 0 saturated heterocycles. The molecule has 114 valence electrons. The Labute approximate surface area is 137 Å². The molecule has 0 aromatic carbocycles. The minimum atomic E-state index is 0. The van der Waals surface area contributed by atoms with Crippen LogP contribution in [0.4, 0.5) is 0 Å². The van der Waals surface area contributed by atoms with Gasteiger partial charge in [-0.2, -0.15) is 0 Å². The molecule has 0 aliphatic rings. The van der Waals surface area contributed by atoms with E-state index >= 15 is 0 Å². The SMILES string of the molecule is CCNC(=NCc1cccnc1OC)NCCOC.I. The van der Waals surface area contributed by atoms with Gasteiger partial charge in [-0.1, -0.05) is 6.07 Å². The number of halogens is 1. The standard InChI is InChI=1S/C13H22N4O2.HI/c1-4-14-13(16-8-9-18-2)17-10-11-6-5-7-15-12(11)19-3;/h5-7H,4,8-10H2,1-3H3,(H2,14,16,17);1H. The van der Waals surface area contributed by atoms with Crippen LogP contribution in [-0.2, 0) is 11.3 Å². The summed E-state index contributed by atoms with van der Waals surface area (Å²) < 4.78 is 10.2. The van der Waals surface area contributed by atoms with Crippen molar-refractivity contribution < 1.29 is 9.47 Å². The summed E-state index contributed by atoms with van der Waals surface area (Å²) in [5.74, 6) is 1.37. The number of nitrogens with one attached hydrogen (secondary N) is 2. The van der Waals surface area contributed by atoms with Crippen LogP contribution in [0.3, 0.4) is 0 Å². The van der Waals surface area contributed by atoms with Gasteiger partial charge in [-0.3, -0.25) is 0 Å². The van der Waals surface area contributed by atoms with Gasteiger partial charge in [0.15, 0.2) is 5.96 Å². The van der Waals surface area contributed by atoms with Crippen molar-refractivity contribution >= 4 is 29.9 Å². The van der Waals surface area contributed by atoms with Crippen LogP contribution < -0.4 is 15.4 Å². The Morgan fingerprint density at radius 2 is 2.15 bits per heavy atom. The zero-order chi connectivity index (χ0) is 13.9. The molecular formula is C13H23IN4O2. The van der Waals surface area contributed by atoms with E-state index in [0.29, 0.717) is 25.6 Å². The molecule has 0 fully saturated rings. The van der Waals surface area contributed by atoms with Crippen molar-refractivity contribution in [3.63, 3.8) is 0 Å². The summed E-state index contributed by atoms with van der Waals surface area (Å²) in [5, 5.41) is 6.35. The summed E-state index contributed by atoms with van der Waals surface area (Å²) in [6.07, 6.45) is 1.70. The summed E-state index contributed by atoms with van der Waals surface area (Å²) in [5.41, 5.74) is 0.953. The molecule has 0 radical (unpaired) electrons. The lowest BCUT2D eigenvalue weighted by molar-refractivity contribution is 0.203. The maximum absolute atomic E-state index is 5.19. The highest BCUT2D eigenvalue weighted by Gasteiger charge is 2.03. The number of guanidine groups is 1. The molecule has 0 spiro atoms. The van der Waals surface area contributed by atoms with E-state index in [1.807, 2.05) is 19.1 Å². The zero-order valence-corrected chi connectivity index (χ0v) is 14.5. The Morgan fingerprint density at radius 1 is 1.35 bits per heavy atom. The van der Waals surface area contributed by atoms with E-state index in [-0.39, 0.29) is 24.0 Å². The van der Waals surface area contributed by atoms with Crippen LogP contribution >= 0.6 is 24.0 Å². The van der Waals surface area contributed by atoms with E-state index in [1.54, 1.807) is 20.4 Å². The Morgan fingerprint density at radius 3 is 2.80 bits per heavy atom. The quantitative estimate of drug-likeness (QED) is 0.317. The number of pyridine rings is 1. The molecule has 0 saturated carbocycles. The van der Waals surface area contributed by atoms with Crippen LogP contribution in [0.15, 0.2) is 23.3 Å². The van der Waals surface area contributed by atoms with Crippen molar-refractivity contribution in [1.82, 2.24) is 15.6 Å². The van der Waals surface area contributed by atoms with E-state index in [1.165, 1.54) is 0 Å². The molecule has 1 aromatic heterocycles. The van der Waals surface area contributed by atoms with Crippen LogP contribution in [0, 0.1) is 0 Å². The van der Waals surface area contributed by atoms with Gasteiger partial charge in [0.25, 0.3) is 0 Å². The average molecular weight is 394 g/mol. The summed E-state index contributed by atoms with van der Waals surface area (Å²) in [6.45, 7) is 4.70. The molecule has 0 atom stereocenters. The first kappa shape index (κ1) is 18.9. The molecular weight excluding hydrogens is 371 g/mol. The second kappa shape index (κ2) is 11.7. The molecule has 6 nitrogen and oxygen atoms in total. The number of aromatic nitrogens is 1. The highest BCUT2D eigenvalue weighted by Crippen LogP contribution is 2.14. The molecule has 1 rings (SSSR count). The molecule has 1 aromatic rings. The second-order valence-corrected chi connectivity index (χ2v) is 3.79. The molecule has 0 aliphatic carbocycles. The largest absolute Gasteiger partial charge is 0.481 e. The number of nitrogens with zero attached hydrogens (tertiary/aromatic N) is 2. The van der Waals surface area contributed by atoms with Gasteiger partial charge in [-0.25, -0.2) is 9.98 Å². The van der Waals surface area contributed by atoms with Crippen LogP contribution in [0.2, 0.25) is 0 Å². The maximum atomic E-state index is 5.19. The van der Waals surface area contributed by atoms with Crippen molar-refractivity contribution in [3.8, 4) is 5.88 Å². The van der Waals surface area contributed by atoms with Gasteiger partial charge in [-0.05, 0) is 13.0 Å². The van der Waals surface area contributed by atoms with E-state index in [9.17, 15) is 0 Å². The van der Waals surface area contributed by atoms with Gasteiger partial charge in [0.2, 0.25) is 5.88 Å². The van der Waals surface area contributed by atoms with Gasteiger partial charge in [0, 0.05) is 32.0 Å². The van der Waals surface area contributed by atoms with E-state index in [0.717, 1.165) is 18.1 Å². The zero-order valence-electron chi connectivity index (χ0n) is 12.2. The molecule has 0 bridgehead atoms. The number of ether oxygens (including phenoxy) is 2. The predicted octanol–water partition coefficient (Wildman–Crippen LogP) is 1.41. The summed E-state index contributed by atoms with van der Waals surface area (Å²) in [7, 11) is 3.28. The van der Waals surface area contributed by atoms with E-state index < -0.39 is 0 Å². The highest BCUT2D eigenvalue weighted by atomic mass is 127. The number of rotatable bonds is 7. The monoisotopic (exact) mass is 394 g/mol. The number of aliphatic imine (C=N–C) groups is 1.